The fraction of sp³-hybridized carbons (Fsp3) is 0.615. The summed E-state index contributed by atoms with van der Waals surface area (Å²) in [4.78, 5) is 65.7. The molecule has 3 fully saturated rings. The summed E-state index contributed by atoms with van der Waals surface area (Å²) in [5, 5.41) is 0. The summed E-state index contributed by atoms with van der Waals surface area (Å²) in [6.45, 7) is 1.62. The smallest absolute Gasteiger partial charge is 0.344 e. The summed E-state index contributed by atoms with van der Waals surface area (Å²) in [6.07, 6.45) is 4.96. The molecular weight excluding hydrogens is 478 g/mol. The van der Waals surface area contributed by atoms with Crippen LogP contribution in [0, 0.1) is 5.41 Å². The fourth-order valence-electron chi connectivity index (χ4n) is 5.79. The van der Waals surface area contributed by atoms with Gasteiger partial charge in [-0.3, -0.25) is 9.59 Å². The normalized spacial score (nSPS) is 25.9. The molecule has 37 heavy (non-hydrogen) atoms. The summed E-state index contributed by atoms with van der Waals surface area (Å²) >= 11 is 0. The maximum Gasteiger partial charge on any atom is 0.344 e. The molecule has 3 heterocycles. The van der Waals surface area contributed by atoms with Crippen molar-refractivity contribution < 1.29 is 28.9 Å². The lowest BCUT2D eigenvalue weighted by atomic mass is 9.78. The van der Waals surface area contributed by atoms with Gasteiger partial charge in [0.15, 0.2) is 5.41 Å². The third kappa shape index (κ3) is 5.48. The minimum Gasteiger partial charge on any atom is -0.369 e. The monoisotopic (exact) mass is 513 g/mol. The molecule has 11 heteroatoms. The first-order valence-electron chi connectivity index (χ1n) is 13.3. The summed E-state index contributed by atoms with van der Waals surface area (Å²) in [5.41, 5.74) is 9.30. The van der Waals surface area contributed by atoms with E-state index in [1.165, 1.54) is 5.56 Å². The van der Waals surface area contributed by atoms with Gasteiger partial charge in [0.1, 0.15) is 0 Å². The molecule has 1 saturated carbocycles. The quantitative estimate of drug-likeness (QED) is 0.505. The number of nitrogens with one attached hydrogen (secondary N) is 3. The third-order valence-electron chi connectivity index (χ3n) is 8.24. The number of hydrogen-bond acceptors (Lipinski definition) is 9. The van der Waals surface area contributed by atoms with Crippen LogP contribution in [0.5, 0.6) is 0 Å². The molecule has 0 radical (unpaired) electrons. The second-order valence-electron chi connectivity index (χ2n) is 10.4. The first-order chi connectivity index (χ1) is 18.0. The Labute approximate surface area is 216 Å². The molecule has 4 aliphatic rings. The largest absolute Gasteiger partial charge is 0.369 e. The van der Waals surface area contributed by atoms with Gasteiger partial charge in [-0.25, -0.2) is 15.0 Å². The van der Waals surface area contributed by atoms with Crippen LogP contribution in [-0.2, 0) is 41.8 Å². The van der Waals surface area contributed by atoms with Crippen molar-refractivity contribution >= 4 is 23.8 Å². The average Bonchev–Trinajstić information content (AvgIpc) is 2.94. The van der Waals surface area contributed by atoms with Crippen LogP contribution >= 0.6 is 0 Å². The third-order valence-corrected chi connectivity index (χ3v) is 8.24. The fourth-order valence-corrected chi connectivity index (χ4v) is 5.79. The van der Waals surface area contributed by atoms with Gasteiger partial charge in [0, 0.05) is 45.1 Å². The zero-order chi connectivity index (χ0) is 25.8. The summed E-state index contributed by atoms with van der Waals surface area (Å²) in [6, 6.07) is 7.97. The first kappa shape index (κ1) is 25.6. The average molecular weight is 514 g/mol. The van der Waals surface area contributed by atoms with E-state index in [1.807, 2.05) is 18.2 Å². The minimum absolute atomic E-state index is 0.0368. The van der Waals surface area contributed by atoms with Crippen molar-refractivity contribution in [3.05, 3.63) is 35.4 Å². The van der Waals surface area contributed by atoms with Gasteiger partial charge in [0.2, 0.25) is 11.8 Å². The highest BCUT2D eigenvalue weighted by Crippen LogP contribution is 2.35. The standard InChI is InChI=1S/C26H35N5O6/c32-22(9-10-23(33)31-14-11-18-5-1-2-6-19(18)17-31)30-15-12-26(13-16-30)24(34)36-28-21-8-4-3-7-20(21)27-29-37-25(26)35/h1-2,5-6,20-21,27-29H,3-4,7-17H2/t20-,21-/m1/s1. The lowest BCUT2D eigenvalue weighted by Crippen LogP contribution is -2.60. The Hall–Kier alpha value is -3.02. The number of hydrogen-bond donors (Lipinski definition) is 3. The van der Waals surface area contributed by atoms with Gasteiger partial charge in [-0.05, 0) is 43.2 Å². The van der Waals surface area contributed by atoms with Crippen LogP contribution in [0.15, 0.2) is 24.3 Å². The second-order valence-corrected chi connectivity index (χ2v) is 10.4. The Balaban J connectivity index is 1.13. The van der Waals surface area contributed by atoms with Crippen LogP contribution in [0.3, 0.4) is 0 Å². The highest BCUT2D eigenvalue weighted by atomic mass is 16.7. The predicted octanol–water partition coefficient (Wildman–Crippen LogP) is 0.885. The van der Waals surface area contributed by atoms with Gasteiger partial charge in [0.05, 0.1) is 6.04 Å². The minimum atomic E-state index is -1.50. The molecule has 200 valence electrons. The first-order valence-corrected chi connectivity index (χ1v) is 13.3. The molecule has 1 aliphatic carbocycles. The maximum absolute atomic E-state index is 13.1. The maximum atomic E-state index is 13.1. The number of likely N-dealkylation sites (tertiary alicyclic amines) is 1. The predicted molar refractivity (Wildman–Crippen MR) is 131 cm³/mol. The number of carbonyl (C=O) groups excluding carboxylic acids is 4. The van der Waals surface area contributed by atoms with Crippen molar-refractivity contribution in [1.29, 1.82) is 0 Å². The van der Waals surface area contributed by atoms with Crippen molar-refractivity contribution in [2.75, 3.05) is 19.6 Å². The van der Waals surface area contributed by atoms with E-state index in [0.717, 1.165) is 37.7 Å². The molecule has 2 atom stereocenters. The molecule has 1 aromatic carbocycles. The molecule has 0 unspecified atom stereocenters. The number of piperidine rings is 1. The molecule has 0 aromatic heterocycles. The van der Waals surface area contributed by atoms with Gasteiger partial charge in [-0.1, -0.05) is 42.7 Å². The highest BCUT2D eigenvalue weighted by Gasteiger charge is 2.52. The Morgan fingerprint density at radius 2 is 1.51 bits per heavy atom. The number of hydroxylamine groups is 1. The van der Waals surface area contributed by atoms with Gasteiger partial charge < -0.3 is 19.5 Å². The van der Waals surface area contributed by atoms with E-state index in [0.29, 0.717) is 13.1 Å². The van der Waals surface area contributed by atoms with Gasteiger partial charge >= 0.3 is 11.9 Å². The number of hydrazine groups is 1. The molecule has 1 aromatic rings. The van der Waals surface area contributed by atoms with Crippen molar-refractivity contribution in [1.82, 2.24) is 26.3 Å². The second kappa shape index (κ2) is 11.2. The van der Waals surface area contributed by atoms with Crippen LogP contribution in [0.1, 0.15) is 62.5 Å². The molecule has 5 rings (SSSR count). The van der Waals surface area contributed by atoms with Crippen molar-refractivity contribution in [2.24, 2.45) is 5.41 Å². The number of fused-ring (bicyclic) bond motifs is 2. The number of amides is 2. The number of benzene rings is 1. The van der Waals surface area contributed by atoms with Gasteiger partial charge in [-0.2, -0.15) is 0 Å². The van der Waals surface area contributed by atoms with Gasteiger partial charge in [0.25, 0.3) is 0 Å². The Morgan fingerprint density at radius 3 is 2.27 bits per heavy atom. The van der Waals surface area contributed by atoms with Crippen LogP contribution < -0.4 is 16.5 Å². The number of rotatable bonds is 3. The molecular formula is C26H35N5O6. The van der Waals surface area contributed by atoms with Crippen molar-refractivity contribution in [3.8, 4) is 0 Å². The lowest BCUT2D eigenvalue weighted by Gasteiger charge is -2.40. The SMILES string of the molecule is O=C(CCC(=O)N1CCc2ccccc2C1)N1CCC2(CC1)C(=O)ONN[C@@H]1CCCC[C@H]1NOC2=O. The van der Waals surface area contributed by atoms with Crippen LogP contribution in [-0.4, -0.2) is 65.3 Å². The van der Waals surface area contributed by atoms with Crippen molar-refractivity contribution in [3.63, 3.8) is 0 Å². The topological polar surface area (TPSA) is 129 Å². The van der Waals surface area contributed by atoms with Crippen LogP contribution in [0.2, 0.25) is 0 Å². The van der Waals surface area contributed by atoms with E-state index in [1.54, 1.807) is 9.80 Å². The summed E-state index contributed by atoms with van der Waals surface area (Å²) in [7, 11) is 0. The highest BCUT2D eigenvalue weighted by molar-refractivity contribution is 6.00. The van der Waals surface area contributed by atoms with E-state index < -0.39 is 17.4 Å². The number of carbonyl (C=O) groups is 4. The van der Waals surface area contributed by atoms with E-state index in [-0.39, 0.29) is 62.7 Å². The van der Waals surface area contributed by atoms with Crippen LogP contribution in [0.25, 0.3) is 0 Å². The zero-order valence-corrected chi connectivity index (χ0v) is 21.0. The Bertz CT molecular complexity index is 1040. The van der Waals surface area contributed by atoms with E-state index in [4.69, 9.17) is 9.68 Å². The van der Waals surface area contributed by atoms with E-state index >= 15 is 0 Å². The van der Waals surface area contributed by atoms with Crippen molar-refractivity contribution in [2.45, 2.75) is 76.4 Å². The molecule has 1 spiro atoms. The van der Waals surface area contributed by atoms with Gasteiger partial charge in [-0.15, -0.1) is 5.48 Å². The van der Waals surface area contributed by atoms with Crippen LogP contribution in [0.4, 0.5) is 0 Å². The molecule has 2 saturated heterocycles. The summed E-state index contributed by atoms with van der Waals surface area (Å²) in [5.74, 6) is -1.61. The number of nitrogens with zero attached hydrogens (tertiary/aromatic N) is 2. The molecule has 2 amide bonds. The zero-order valence-electron chi connectivity index (χ0n) is 21.0. The summed E-state index contributed by atoms with van der Waals surface area (Å²) < 4.78 is 0. The van der Waals surface area contributed by atoms with E-state index in [2.05, 4.69) is 22.6 Å². The lowest BCUT2D eigenvalue weighted by molar-refractivity contribution is -0.192. The van der Waals surface area contributed by atoms with E-state index in [9.17, 15) is 19.2 Å². The molecule has 3 N–H and O–H groups in total. The molecule has 0 bridgehead atoms. The Kier molecular flexibility index (Phi) is 7.73. The molecule has 11 nitrogen and oxygen atoms in total. The molecule has 3 aliphatic heterocycles. The Morgan fingerprint density at radius 1 is 0.865 bits per heavy atom.